The minimum absolute atomic E-state index is 0. The molecule has 0 aliphatic rings. The van der Waals surface area contributed by atoms with Crippen molar-refractivity contribution in [2.24, 2.45) is 0 Å². The number of hydrogen-bond acceptors (Lipinski definition) is 11. The number of hydrogen-bond donors (Lipinski definition) is 2. The van der Waals surface area contributed by atoms with E-state index in [-0.39, 0.29) is 87.9 Å². The second kappa shape index (κ2) is 17.5. The minimum Gasteiger partial charge on any atom is -0.744 e. The second-order valence-electron chi connectivity index (χ2n) is 9.05. The SMILES string of the molecule is CCCCNC(=O)c1ccc(OC(=O)c2ccc(C(=O)c3ccc(C(=O)NCC)cc3S(=O)(=O)[O-])cc2)c(S(=O)(=O)[O-])c1.[Na+].[Na+]. The average molecular weight is 677 g/mol. The van der Waals surface area contributed by atoms with Crippen molar-refractivity contribution in [2.75, 3.05) is 13.1 Å². The number of unbranched alkanes of at least 4 members (excludes halogenated alkanes) is 1. The summed E-state index contributed by atoms with van der Waals surface area (Å²) in [6.07, 6.45) is 1.49. The molecule has 0 fully saturated rings. The topological polar surface area (TPSA) is 216 Å². The van der Waals surface area contributed by atoms with Crippen molar-refractivity contribution in [2.45, 2.75) is 36.5 Å². The molecule has 3 aromatic rings. The van der Waals surface area contributed by atoms with E-state index in [0.717, 1.165) is 55.0 Å². The summed E-state index contributed by atoms with van der Waals surface area (Å²) in [4.78, 5) is 48.3. The van der Waals surface area contributed by atoms with Gasteiger partial charge in [0.1, 0.15) is 26.0 Å². The largest absolute Gasteiger partial charge is 1.00 e. The maximum absolute atomic E-state index is 13.1. The number of carbonyl (C=O) groups excluding carboxylic acids is 4. The summed E-state index contributed by atoms with van der Waals surface area (Å²) >= 11 is 0. The van der Waals surface area contributed by atoms with E-state index < -0.39 is 64.9 Å². The first-order valence-electron chi connectivity index (χ1n) is 12.8. The third kappa shape index (κ3) is 10.8. The number of ether oxygens (including phenoxy) is 1. The fourth-order valence-corrected chi connectivity index (χ4v) is 5.13. The standard InChI is InChI=1S/C28H28N2O11S2.2Na/c1-3-5-14-30-27(33)20-11-13-22(24(16-20)43(38,39)40)41-28(34)18-8-6-17(7-9-18)25(31)21-12-10-19(26(32)29-4-2)15-23(21)42(35,36)37;;/h6-13,15-16H,3-5,14H2,1-2H3,(H,29,32)(H,30,33)(H,35,36,37)(H,38,39,40);;/q;2*+1/p-2. The van der Waals surface area contributed by atoms with Gasteiger partial charge in [-0.3, -0.25) is 14.4 Å². The van der Waals surface area contributed by atoms with Crippen LogP contribution in [0.15, 0.2) is 70.5 Å². The van der Waals surface area contributed by atoms with Crippen LogP contribution in [0.25, 0.3) is 0 Å². The zero-order valence-electron chi connectivity index (χ0n) is 24.9. The van der Waals surface area contributed by atoms with Gasteiger partial charge in [0, 0.05) is 35.3 Å². The Morgan fingerprint density at radius 3 is 1.71 bits per heavy atom. The van der Waals surface area contributed by atoms with Crippen molar-refractivity contribution in [3.05, 3.63) is 88.5 Å². The Labute approximate surface area is 304 Å². The maximum Gasteiger partial charge on any atom is 1.00 e. The van der Waals surface area contributed by atoms with Crippen LogP contribution in [0.3, 0.4) is 0 Å². The van der Waals surface area contributed by atoms with Gasteiger partial charge in [0.05, 0.1) is 15.4 Å². The molecule has 0 spiro atoms. The Hall–Kier alpha value is -2.44. The smallest absolute Gasteiger partial charge is 0.744 e. The molecule has 0 aliphatic heterocycles. The molecular formula is C28H26N2Na2O11S2. The Kier molecular flexibility index (Phi) is 15.8. The fourth-order valence-electron chi connectivity index (χ4n) is 3.80. The van der Waals surface area contributed by atoms with Crippen molar-refractivity contribution in [3.63, 3.8) is 0 Å². The third-order valence-electron chi connectivity index (χ3n) is 5.97. The molecule has 0 heterocycles. The number of ketones is 1. The van der Waals surface area contributed by atoms with Crippen molar-refractivity contribution >= 4 is 43.8 Å². The van der Waals surface area contributed by atoms with E-state index in [1.807, 2.05) is 6.92 Å². The molecule has 3 aromatic carbocycles. The molecule has 2 amide bonds. The van der Waals surface area contributed by atoms with Crippen LogP contribution in [0.4, 0.5) is 0 Å². The van der Waals surface area contributed by atoms with Crippen LogP contribution in [0.1, 0.15) is 73.7 Å². The first kappa shape index (κ1) is 40.6. The van der Waals surface area contributed by atoms with Gasteiger partial charge >= 0.3 is 65.1 Å². The molecule has 13 nitrogen and oxygen atoms in total. The van der Waals surface area contributed by atoms with Crippen molar-refractivity contribution in [1.29, 1.82) is 0 Å². The molecule has 0 saturated heterocycles. The number of carbonyl (C=O) groups is 4. The zero-order valence-corrected chi connectivity index (χ0v) is 30.5. The van der Waals surface area contributed by atoms with Crippen molar-refractivity contribution < 1.29 is 109 Å². The zero-order chi connectivity index (χ0) is 31.9. The van der Waals surface area contributed by atoms with E-state index in [1.165, 1.54) is 12.1 Å². The fraction of sp³-hybridized carbons (Fsp3) is 0.214. The molecule has 0 unspecified atom stereocenters. The molecule has 2 N–H and O–H groups in total. The van der Waals surface area contributed by atoms with Crippen LogP contribution < -0.4 is 74.5 Å². The Morgan fingerprint density at radius 1 is 0.689 bits per heavy atom. The van der Waals surface area contributed by atoms with Crippen molar-refractivity contribution in [1.82, 2.24) is 10.6 Å². The normalized spacial score (nSPS) is 10.9. The molecule has 0 atom stereocenters. The molecule has 0 aromatic heterocycles. The molecule has 0 bridgehead atoms. The molecule has 0 aliphatic carbocycles. The van der Waals surface area contributed by atoms with E-state index in [2.05, 4.69) is 10.6 Å². The van der Waals surface area contributed by atoms with Crippen LogP contribution in [0, 0.1) is 0 Å². The second-order valence-corrected chi connectivity index (χ2v) is 11.7. The van der Waals surface area contributed by atoms with Gasteiger partial charge in [-0.15, -0.1) is 0 Å². The number of nitrogens with one attached hydrogen (secondary N) is 2. The van der Waals surface area contributed by atoms with Crippen LogP contribution >= 0.6 is 0 Å². The Balaban J connectivity index is 0.00000506. The van der Waals surface area contributed by atoms with Crippen LogP contribution in [-0.2, 0) is 20.2 Å². The van der Waals surface area contributed by atoms with Crippen LogP contribution in [0.5, 0.6) is 5.75 Å². The maximum atomic E-state index is 13.1. The molecule has 228 valence electrons. The van der Waals surface area contributed by atoms with E-state index >= 15 is 0 Å². The first-order chi connectivity index (χ1) is 20.2. The van der Waals surface area contributed by atoms with Gasteiger partial charge in [0.25, 0.3) is 11.8 Å². The molecule has 0 saturated carbocycles. The molecule has 45 heavy (non-hydrogen) atoms. The first-order valence-corrected chi connectivity index (χ1v) is 15.6. The summed E-state index contributed by atoms with van der Waals surface area (Å²) < 4.78 is 76.2. The summed E-state index contributed by atoms with van der Waals surface area (Å²) in [7, 11) is -10.3. The monoisotopic (exact) mass is 676 g/mol. The van der Waals surface area contributed by atoms with E-state index in [0.29, 0.717) is 13.0 Å². The summed E-state index contributed by atoms with van der Waals surface area (Å²) in [5.41, 5.74) is -1.09. The van der Waals surface area contributed by atoms with Gasteiger partial charge in [-0.25, -0.2) is 21.6 Å². The average Bonchev–Trinajstić information content (AvgIpc) is 2.96. The van der Waals surface area contributed by atoms with Crippen LogP contribution in [0.2, 0.25) is 0 Å². The number of rotatable bonds is 12. The predicted molar refractivity (Wildman–Crippen MR) is 149 cm³/mol. The Morgan fingerprint density at radius 2 is 1.18 bits per heavy atom. The van der Waals surface area contributed by atoms with Gasteiger partial charge in [-0.2, -0.15) is 0 Å². The quantitative estimate of drug-likeness (QED) is 0.0474. The van der Waals surface area contributed by atoms with Gasteiger partial charge in [-0.05, 0) is 61.9 Å². The molecule has 3 rings (SSSR count). The molecule has 17 heteroatoms. The summed E-state index contributed by atoms with van der Waals surface area (Å²) in [5, 5.41) is 5.03. The number of benzene rings is 3. The van der Waals surface area contributed by atoms with Crippen LogP contribution in [-0.4, -0.2) is 62.6 Å². The van der Waals surface area contributed by atoms with Gasteiger partial charge < -0.3 is 24.5 Å². The Bertz CT molecular complexity index is 1800. The van der Waals surface area contributed by atoms with E-state index in [9.17, 15) is 45.1 Å². The molecule has 0 radical (unpaired) electrons. The van der Waals surface area contributed by atoms with E-state index in [1.54, 1.807) is 6.92 Å². The predicted octanol–water partition coefficient (Wildman–Crippen LogP) is -3.77. The van der Waals surface area contributed by atoms with Gasteiger partial charge in [0.2, 0.25) is 0 Å². The minimum atomic E-state index is -5.17. The summed E-state index contributed by atoms with van der Waals surface area (Å²) in [6, 6.07) is 10.5. The number of amides is 2. The van der Waals surface area contributed by atoms with Crippen molar-refractivity contribution in [3.8, 4) is 5.75 Å². The summed E-state index contributed by atoms with van der Waals surface area (Å²) in [6.45, 7) is 4.12. The summed E-state index contributed by atoms with van der Waals surface area (Å²) in [5.74, 6) is -3.90. The third-order valence-corrected chi connectivity index (χ3v) is 7.71. The molecular weight excluding hydrogens is 650 g/mol. The number of esters is 1. The van der Waals surface area contributed by atoms with E-state index in [4.69, 9.17) is 4.74 Å². The van der Waals surface area contributed by atoms with Gasteiger partial charge in [-0.1, -0.05) is 25.5 Å². The van der Waals surface area contributed by atoms with Gasteiger partial charge in [0.15, 0.2) is 5.78 Å².